The highest BCUT2D eigenvalue weighted by atomic mass is 16.3. The smallest absolute Gasteiger partial charge is 0.115 e. The second-order valence-electron chi connectivity index (χ2n) is 6.04. The van der Waals surface area contributed by atoms with Crippen LogP contribution in [0.3, 0.4) is 0 Å². The monoisotopic (exact) mass is 322 g/mol. The third-order valence-corrected chi connectivity index (χ3v) is 4.39. The molecule has 0 heterocycles. The molecule has 1 nitrogen and oxygen atoms in total. The Hall–Kier alpha value is -3.32. The van der Waals surface area contributed by atoms with Gasteiger partial charge in [0.2, 0.25) is 0 Å². The number of hydrogen-bond acceptors (Lipinski definition) is 1. The molecule has 0 radical (unpaired) electrons. The Morgan fingerprint density at radius 3 is 1.56 bits per heavy atom. The predicted molar refractivity (Wildman–Crippen MR) is 104 cm³/mol. The zero-order chi connectivity index (χ0) is 17.1. The average Bonchev–Trinajstić information content (AvgIpc) is 2.69. The molecule has 25 heavy (non-hydrogen) atoms. The van der Waals surface area contributed by atoms with Gasteiger partial charge in [0.15, 0.2) is 0 Å². The molecule has 0 unspecified atom stereocenters. The number of phenols is 1. The number of phenolic OH excluding ortho intramolecular Hbond substituents is 1. The fraction of sp³-hybridized carbons (Fsp3) is 0. The van der Waals surface area contributed by atoms with Gasteiger partial charge in [-0.25, -0.2) is 0 Å². The maximum absolute atomic E-state index is 9.62. The van der Waals surface area contributed by atoms with E-state index >= 15 is 0 Å². The van der Waals surface area contributed by atoms with Gasteiger partial charge in [-0.05, 0) is 51.6 Å². The van der Waals surface area contributed by atoms with Crippen LogP contribution in [-0.4, -0.2) is 5.11 Å². The molecule has 4 aromatic carbocycles. The van der Waals surface area contributed by atoms with Gasteiger partial charge in [-0.1, -0.05) is 84.9 Å². The van der Waals surface area contributed by atoms with E-state index in [0.29, 0.717) is 0 Å². The van der Waals surface area contributed by atoms with Gasteiger partial charge in [0.25, 0.3) is 0 Å². The summed E-state index contributed by atoms with van der Waals surface area (Å²) in [6.07, 6.45) is 0. The molecule has 120 valence electrons. The molecule has 0 atom stereocenters. The van der Waals surface area contributed by atoms with E-state index in [1.807, 2.05) is 24.3 Å². The summed E-state index contributed by atoms with van der Waals surface area (Å²) in [6, 6.07) is 34.8. The van der Waals surface area contributed by atoms with E-state index in [9.17, 15) is 5.11 Å². The quantitative estimate of drug-likeness (QED) is 0.463. The Kier molecular flexibility index (Phi) is 4.05. The molecular weight excluding hydrogens is 304 g/mol. The normalized spacial score (nSPS) is 10.6. The van der Waals surface area contributed by atoms with Gasteiger partial charge in [0.05, 0.1) is 0 Å². The lowest BCUT2D eigenvalue weighted by atomic mass is 9.91. The lowest BCUT2D eigenvalue weighted by molar-refractivity contribution is 0.475. The summed E-state index contributed by atoms with van der Waals surface area (Å²) in [5.74, 6) is 0.282. The van der Waals surface area contributed by atoms with Gasteiger partial charge < -0.3 is 5.11 Å². The first kappa shape index (κ1) is 15.2. The maximum atomic E-state index is 9.62. The molecule has 4 rings (SSSR count). The van der Waals surface area contributed by atoms with Gasteiger partial charge in [-0.3, -0.25) is 0 Å². The van der Waals surface area contributed by atoms with Gasteiger partial charge in [-0.2, -0.15) is 0 Å². The van der Waals surface area contributed by atoms with Crippen LogP contribution >= 0.6 is 0 Å². The van der Waals surface area contributed by atoms with Crippen LogP contribution in [0.2, 0.25) is 0 Å². The van der Waals surface area contributed by atoms with Gasteiger partial charge in [-0.15, -0.1) is 0 Å². The minimum atomic E-state index is 0.282. The first-order valence-corrected chi connectivity index (χ1v) is 8.35. The van der Waals surface area contributed by atoms with Crippen molar-refractivity contribution in [1.29, 1.82) is 0 Å². The van der Waals surface area contributed by atoms with Crippen LogP contribution in [0, 0.1) is 0 Å². The molecule has 4 aromatic rings. The zero-order valence-corrected chi connectivity index (χ0v) is 13.8. The SMILES string of the molecule is Oc1ccc(-c2cc(-c3ccccc3)ccc2-c2ccccc2)cc1. The summed E-state index contributed by atoms with van der Waals surface area (Å²) >= 11 is 0. The first-order chi connectivity index (χ1) is 12.3. The Morgan fingerprint density at radius 2 is 0.920 bits per heavy atom. The molecule has 0 amide bonds. The molecule has 0 aliphatic carbocycles. The minimum Gasteiger partial charge on any atom is -0.508 e. The second-order valence-corrected chi connectivity index (χ2v) is 6.04. The van der Waals surface area contributed by atoms with Gasteiger partial charge >= 0.3 is 0 Å². The predicted octanol–water partition coefficient (Wildman–Crippen LogP) is 6.39. The topological polar surface area (TPSA) is 20.2 Å². The molecule has 0 bridgehead atoms. The van der Waals surface area contributed by atoms with E-state index in [-0.39, 0.29) is 5.75 Å². The van der Waals surface area contributed by atoms with Crippen LogP contribution in [0.5, 0.6) is 5.75 Å². The molecule has 1 heteroatoms. The van der Waals surface area contributed by atoms with E-state index in [1.54, 1.807) is 12.1 Å². The van der Waals surface area contributed by atoms with E-state index in [1.165, 1.54) is 22.3 Å². The van der Waals surface area contributed by atoms with E-state index in [4.69, 9.17) is 0 Å². The highest BCUT2D eigenvalue weighted by molar-refractivity contribution is 5.87. The Bertz CT molecular complexity index is 971. The molecule has 0 saturated heterocycles. The fourth-order valence-corrected chi connectivity index (χ4v) is 3.10. The third-order valence-electron chi connectivity index (χ3n) is 4.39. The van der Waals surface area contributed by atoms with Crippen molar-refractivity contribution in [3.05, 3.63) is 103 Å². The standard InChI is InChI=1S/C24H18O/c25-22-14-11-20(12-15-22)24-17-21(18-7-3-1-4-8-18)13-16-23(24)19-9-5-2-6-10-19/h1-17,25H. The van der Waals surface area contributed by atoms with E-state index in [0.717, 1.165) is 11.1 Å². The first-order valence-electron chi connectivity index (χ1n) is 8.35. The number of benzene rings is 4. The Balaban J connectivity index is 1.91. The van der Waals surface area contributed by atoms with Gasteiger partial charge in [0, 0.05) is 0 Å². The highest BCUT2D eigenvalue weighted by Gasteiger charge is 2.09. The molecule has 0 aliphatic rings. The van der Waals surface area contributed by atoms with Crippen LogP contribution in [0.25, 0.3) is 33.4 Å². The van der Waals surface area contributed by atoms with Crippen molar-refractivity contribution in [2.45, 2.75) is 0 Å². The summed E-state index contributed by atoms with van der Waals surface area (Å²) in [4.78, 5) is 0. The van der Waals surface area contributed by atoms with Crippen LogP contribution in [-0.2, 0) is 0 Å². The zero-order valence-electron chi connectivity index (χ0n) is 13.8. The van der Waals surface area contributed by atoms with Crippen LogP contribution in [0.15, 0.2) is 103 Å². The Labute approximate surface area is 147 Å². The van der Waals surface area contributed by atoms with Crippen molar-refractivity contribution < 1.29 is 5.11 Å². The third kappa shape index (κ3) is 3.17. The summed E-state index contributed by atoms with van der Waals surface area (Å²) in [6.45, 7) is 0. The van der Waals surface area contributed by atoms with Crippen LogP contribution < -0.4 is 0 Å². The number of rotatable bonds is 3. The second kappa shape index (κ2) is 6.66. The molecule has 0 aliphatic heterocycles. The van der Waals surface area contributed by atoms with E-state index in [2.05, 4.69) is 66.7 Å². The van der Waals surface area contributed by atoms with Crippen LogP contribution in [0.1, 0.15) is 0 Å². The molecule has 0 fully saturated rings. The highest BCUT2D eigenvalue weighted by Crippen LogP contribution is 2.36. The summed E-state index contributed by atoms with van der Waals surface area (Å²) < 4.78 is 0. The molecule has 0 aromatic heterocycles. The summed E-state index contributed by atoms with van der Waals surface area (Å²) in [5, 5.41) is 9.62. The van der Waals surface area contributed by atoms with Crippen molar-refractivity contribution >= 4 is 0 Å². The minimum absolute atomic E-state index is 0.282. The van der Waals surface area contributed by atoms with Crippen molar-refractivity contribution in [2.24, 2.45) is 0 Å². The maximum Gasteiger partial charge on any atom is 0.115 e. The lowest BCUT2D eigenvalue weighted by Crippen LogP contribution is -1.87. The van der Waals surface area contributed by atoms with Gasteiger partial charge in [0.1, 0.15) is 5.75 Å². The fourth-order valence-electron chi connectivity index (χ4n) is 3.10. The molecular formula is C24H18O. The largest absolute Gasteiger partial charge is 0.508 e. The number of hydrogen-bond donors (Lipinski definition) is 1. The summed E-state index contributed by atoms with van der Waals surface area (Å²) in [7, 11) is 0. The van der Waals surface area contributed by atoms with Crippen molar-refractivity contribution in [3.63, 3.8) is 0 Å². The van der Waals surface area contributed by atoms with E-state index < -0.39 is 0 Å². The average molecular weight is 322 g/mol. The lowest BCUT2D eigenvalue weighted by Gasteiger charge is -2.13. The molecule has 1 N–H and O–H groups in total. The van der Waals surface area contributed by atoms with Crippen LogP contribution in [0.4, 0.5) is 0 Å². The molecule has 0 spiro atoms. The number of aromatic hydroxyl groups is 1. The summed E-state index contributed by atoms with van der Waals surface area (Å²) in [5.41, 5.74) is 7.00. The van der Waals surface area contributed by atoms with Crippen molar-refractivity contribution in [3.8, 4) is 39.1 Å². The molecule has 0 saturated carbocycles. The van der Waals surface area contributed by atoms with Crippen molar-refractivity contribution in [1.82, 2.24) is 0 Å². The Morgan fingerprint density at radius 1 is 0.400 bits per heavy atom. The van der Waals surface area contributed by atoms with Crippen molar-refractivity contribution in [2.75, 3.05) is 0 Å².